The number of hydrogen-bond donors (Lipinski definition) is 1. The summed E-state index contributed by atoms with van der Waals surface area (Å²) in [5, 5.41) is 1.47. The lowest BCUT2D eigenvalue weighted by Gasteiger charge is -2.13. The standard InChI is InChI=1S/C15H17Cl2NS/c1-8(2)15(18)14-5-4-13(19-14)10-7-11(16)9(3)6-12(10)17/h4-8,15H,18H2,1-3H3. The molecule has 0 radical (unpaired) electrons. The third-order valence-corrected chi connectivity index (χ3v) is 5.13. The van der Waals surface area contributed by atoms with Crippen LogP contribution in [0.25, 0.3) is 10.4 Å². The first-order valence-electron chi connectivity index (χ1n) is 6.21. The van der Waals surface area contributed by atoms with Crippen LogP contribution < -0.4 is 5.73 Å². The van der Waals surface area contributed by atoms with E-state index in [0.29, 0.717) is 5.92 Å². The smallest absolute Gasteiger partial charge is 0.0496 e. The second kappa shape index (κ2) is 5.84. The van der Waals surface area contributed by atoms with Gasteiger partial charge in [0.05, 0.1) is 0 Å². The first kappa shape index (κ1) is 14.9. The monoisotopic (exact) mass is 313 g/mol. The first-order valence-corrected chi connectivity index (χ1v) is 7.78. The van der Waals surface area contributed by atoms with E-state index >= 15 is 0 Å². The summed E-state index contributed by atoms with van der Waals surface area (Å²) in [6.45, 7) is 6.20. The van der Waals surface area contributed by atoms with Gasteiger partial charge < -0.3 is 5.73 Å². The van der Waals surface area contributed by atoms with Crippen LogP contribution in [0, 0.1) is 12.8 Å². The van der Waals surface area contributed by atoms with Crippen LogP contribution in [0.5, 0.6) is 0 Å². The summed E-state index contributed by atoms with van der Waals surface area (Å²) >= 11 is 14.2. The molecule has 4 heteroatoms. The van der Waals surface area contributed by atoms with Gasteiger partial charge in [-0.25, -0.2) is 0 Å². The number of hydrogen-bond acceptors (Lipinski definition) is 2. The van der Waals surface area contributed by atoms with Crippen molar-refractivity contribution >= 4 is 34.5 Å². The van der Waals surface area contributed by atoms with E-state index in [-0.39, 0.29) is 6.04 Å². The molecule has 2 rings (SSSR count). The van der Waals surface area contributed by atoms with Crippen molar-refractivity contribution in [2.75, 3.05) is 0 Å². The molecule has 0 aliphatic rings. The van der Waals surface area contributed by atoms with Gasteiger partial charge in [-0.3, -0.25) is 0 Å². The fourth-order valence-corrected chi connectivity index (χ4v) is 3.59. The topological polar surface area (TPSA) is 26.0 Å². The summed E-state index contributed by atoms with van der Waals surface area (Å²) in [5.74, 6) is 0.420. The zero-order valence-corrected chi connectivity index (χ0v) is 13.5. The van der Waals surface area contributed by atoms with Crippen molar-refractivity contribution in [3.05, 3.63) is 44.8 Å². The molecule has 2 aromatic rings. The number of halogens is 2. The Morgan fingerprint density at radius 3 is 2.42 bits per heavy atom. The molecule has 2 N–H and O–H groups in total. The van der Waals surface area contributed by atoms with Gasteiger partial charge in [-0.05, 0) is 42.7 Å². The van der Waals surface area contributed by atoms with Crippen LogP contribution in [0.4, 0.5) is 0 Å². The average molecular weight is 314 g/mol. The molecule has 0 saturated carbocycles. The van der Waals surface area contributed by atoms with Crippen molar-refractivity contribution in [2.45, 2.75) is 26.8 Å². The molecular formula is C15H17Cl2NS. The van der Waals surface area contributed by atoms with Crippen molar-refractivity contribution in [1.29, 1.82) is 0 Å². The minimum Gasteiger partial charge on any atom is -0.323 e. The van der Waals surface area contributed by atoms with Crippen molar-refractivity contribution in [1.82, 2.24) is 0 Å². The van der Waals surface area contributed by atoms with Crippen molar-refractivity contribution < 1.29 is 0 Å². The summed E-state index contributed by atoms with van der Waals surface area (Å²) in [7, 11) is 0. The number of rotatable bonds is 3. The molecule has 0 saturated heterocycles. The van der Waals surface area contributed by atoms with Gasteiger partial charge >= 0.3 is 0 Å². The van der Waals surface area contributed by atoms with E-state index in [1.807, 2.05) is 19.1 Å². The molecule has 1 unspecified atom stereocenters. The lowest BCUT2D eigenvalue weighted by molar-refractivity contribution is 0.521. The van der Waals surface area contributed by atoms with Gasteiger partial charge in [0.1, 0.15) is 0 Å². The first-order chi connectivity index (χ1) is 8.90. The number of thiophene rings is 1. The Hall–Kier alpha value is -0.540. The Balaban J connectivity index is 2.41. The van der Waals surface area contributed by atoms with Crippen molar-refractivity contribution in [3.63, 3.8) is 0 Å². The maximum Gasteiger partial charge on any atom is 0.0496 e. The lowest BCUT2D eigenvalue weighted by atomic mass is 10.0. The molecule has 0 bridgehead atoms. The van der Waals surface area contributed by atoms with Crippen LogP contribution in [0.2, 0.25) is 10.0 Å². The summed E-state index contributed by atoms with van der Waals surface area (Å²) < 4.78 is 0. The summed E-state index contributed by atoms with van der Waals surface area (Å²) in [4.78, 5) is 2.29. The molecule has 1 nitrogen and oxygen atoms in total. The van der Waals surface area contributed by atoms with E-state index in [9.17, 15) is 0 Å². The minimum absolute atomic E-state index is 0.0680. The molecular weight excluding hydrogens is 297 g/mol. The lowest BCUT2D eigenvalue weighted by Crippen LogP contribution is -2.14. The molecule has 1 atom stereocenters. The molecule has 0 aliphatic heterocycles. The second-order valence-corrected chi connectivity index (χ2v) is 6.98. The van der Waals surface area contributed by atoms with Crippen LogP contribution in [-0.4, -0.2) is 0 Å². The zero-order valence-electron chi connectivity index (χ0n) is 11.2. The van der Waals surface area contributed by atoms with Gasteiger partial charge in [0.15, 0.2) is 0 Å². The van der Waals surface area contributed by atoms with E-state index in [2.05, 4.69) is 26.0 Å². The molecule has 1 heterocycles. The van der Waals surface area contributed by atoms with E-state index in [4.69, 9.17) is 28.9 Å². The van der Waals surface area contributed by atoms with Gasteiger partial charge in [-0.15, -0.1) is 11.3 Å². The van der Waals surface area contributed by atoms with Gasteiger partial charge in [-0.2, -0.15) is 0 Å². The Kier molecular flexibility index (Phi) is 4.57. The highest BCUT2D eigenvalue weighted by Crippen LogP contribution is 2.38. The van der Waals surface area contributed by atoms with Crippen molar-refractivity contribution in [3.8, 4) is 10.4 Å². The summed E-state index contributed by atoms with van der Waals surface area (Å²) in [6.07, 6.45) is 0. The zero-order chi connectivity index (χ0) is 14.2. The molecule has 19 heavy (non-hydrogen) atoms. The van der Waals surface area contributed by atoms with Crippen LogP contribution in [0.3, 0.4) is 0 Å². The maximum absolute atomic E-state index is 6.30. The molecule has 0 amide bonds. The van der Waals surface area contributed by atoms with Gasteiger partial charge in [0.25, 0.3) is 0 Å². The van der Waals surface area contributed by atoms with Crippen LogP contribution in [-0.2, 0) is 0 Å². The summed E-state index contributed by atoms with van der Waals surface area (Å²) in [6, 6.07) is 8.04. The Bertz CT molecular complexity index is 590. The molecule has 102 valence electrons. The second-order valence-electron chi connectivity index (χ2n) is 5.05. The predicted octanol–water partition coefficient (Wildman–Crippen LogP) is 5.69. The highest BCUT2D eigenvalue weighted by atomic mass is 35.5. The van der Waals surface area contributed by atoms with E-state index in [1.54, 1.807) is 11.3 Å². The normalized spacial score (nSPS) is 13.0. The van der Waals surface area contributed by atoms with Gasteiger partial charge in [0.2, 0.25) is 0 Å². The Morgan fingerprint density at radius 2 is 1.79 bits per heavy atom. The van der Waals surface area contributed by atoms with E-state index < -0.39 is 0 Å². The Labute approximate surface area is 128 Å². The largest absolute Gasteiger partial charge is 0.323 e. The highest BCUT2D eigenvalue weighted by molar-refractivity contribution is 7.15. The Morgan fingerprint density at radius 1 is 1.11 bits per heavy atom. The molecule has 1 aromatic heterocycles. The average Bonchev–Trinajstić information content (AvgIpc) is 2.81. The molecule has 1 aromatic carbocycles. The summed E-state index contributed by atoms with van der Waals surface area (Å²) in [5.41, 5.74) is 8.14. The van der Waals surface area contributed by atoms with Gasteiger partial charge in [0, 0.05) is 31.4 Å². The van der Waals surface area contributed by atoms with Crippen LogP contribution in [0.15, 0.2) is 24.3 Å². The quantitative estimate of drug-likeness (QED) is 0.774. The molecule has 0 spiro atoms. The van der Waals surface area contributed by atoms with Crippen LogP contribution in [0.1, 0.15) is 30.3 Å². The van der Waals surface area contributed by atoms with Crippen LogP contribution >= 0.6 is 34.5 Å². The maximum atomic E-state index is 6.30. The van der Waals surface area contributed by atoms with Gasteiger partial charge in [-0.1, -0.05) is 37.0 Å². The van der Waals surface area contributed by atoms with Crippen molar-refractivity contribution in [2.24, 2.45) is 11.7 Å². The fourth-order valence-electron chi connectivity index (χ4n) is 1.84. The van der Waals surface area contributed by atoms with E-state index in [1.165, 1.54) is 4.88 Å². The highest BCUT2D eigenvalue weighted by Gasteiger charge is 2.15. The van der Waals surface area contributed by atoms with E-state index in [0.717, 1.165) is 26.0 Å². The number of nitrogens with two attached hydrogens (primary N) is 1. The SMILES string of the molecule is Cc1cc(Cl)c(-c2ccc(C(N)C(C)C)s2)cc1Cl. The number of benzene rings is 1. The fraction of sp³-hybridized carbons (Fsp3) is 0.333. The third kappa shape index (κ3) is 3.14. The third-order valence-electron chi connectivity index (χ3n) is 3.19. The molecule has 0 fully saturated rings. The minimum atomic E-state index is 0.0680. The molecule has 0 aliphatic carbocycles. The number of aryl methyl sites for hydroxylation is 1. The predicted molar refractivity (Wildman–Crippen MR) is 86.3 cm³/mol.